The van der Waals surface area contributed by atoms with Crippen molar-refractivity contribution in [2.75, 3.05) is 32.7 Å². The minimum atomic E-state index is 0.0894. The molecule has 1 aliphatic carbocycles. The van der Waals surface area contributed by atoms with Gasteiger partial charge in [0.15, 0.2) is 0 Å². The number of rotatable bonds is 4. The monoisotopic (exact) mass is 318 g/mol. The van der Waals surface area contributed by atoms with E-state index in [2.05, 4.69) is 20.4 Å². The third kappa shape index (κ3) is 2.76. The highest BCUT2D eigenvalue weighted by Gasteiger charge is 2.29. The highest BCUT2D eigenvalue weighted by atomic mass is 32.1. The zero-order valence-corrected chi connectivity index (χ0v) is 13.1. The van der Waals surface area contributed by atoms with E-state index in [1.807, 2.05) is 16.3 Å². The summed E-state index contributed by atoms with van der Waals surface area (Å²) >= 11 is 1.45. The van der Waals surface area contributed by atoms with Crippen LogP contribution in [-0.4, -0.2) is 68.6 Å². The topological polar surface area (TPSA) is 67.2 Å². The van der Waals surface area contributed by atoms with Crippen LogP contribution in [0.25, 0.3) is 5.69 Å². The van der Waals surface area contributed by atoms with E-state index in [9.17, 15) is 4.79 Å². The van der Waals surface area contributed by atoms with Gasteiger partial charge in [-0.05, 0) is 40.6 Å². The van der Waals surface area contributed by atoms with Crippen molar-refractivity contribution in [3.63, 3.8) is 0 Å². The van der Waals surface area contributed by atoms with E-state index in [0.717, 1.165) is 37.8 Å². The van der Waals surface area contributed by atoms with E-state index >= 15 is 0 Å². The standard InChI is InChI=1S/C14H18N6OS/c21-14(13-12(3-8-22-13)20-10-15-16-17-20)19-6-4-18(5-7-19)9-11-1-2-11/h3,8,10-11H,1-2,4-7,9H2. The number of thiophene rings is 1. The van der Waals surface area contributed by atoms with Crippen molar-refractivity contribution in [3.05, 3.63) is 22.7 Å². The van der Waals surface area contributed by atoms with Crippen LogP contribution in [-0.2, 0) is 0 Å². The van der Waals surface area contributed by atoms with Crippen molar-refractivity contribution in [1.29, 1.82) is 0 Å². The molecule has 2 aromatic rings. The Morgan fingerprint density at radius 3 is 2.77 bits per heavy atom. The van der Waals surface area contributed by atoms with Crippen LogP contribution in [0.1, 0.15) is 22.5 Å². The molecule has 2 aromatic heterocycles. The van der Waals surface area contributed by atoms with Crippen molar-refractivity contribution < 1.29 is 4.79 Å². The van der Waals surface area contributed by atoms with Crippen LogP contribution in [0.3, 0.4) is 0 Å². The predicted molar refractivity (Wildman–Crippen MR) is 82.1 cm³/mol. The van der Waals surface area contributed by atoms with E-state index in [0.29, 0.717) is 4.88 Å². The van der Waals surface area contributed by atoms with Crippen molar-refractivity contribution in [2.24, 2.45) is 5.92 Å². The second-order valence-electron chi connectivity index (χ2n) is 5.93. The number of nitrogens with zero attached hydrogens (tertiary/aromatic N) is 6. The first-order valence-corrected chi connectivity index (χ1v) is 8.52. The number of piperazine rings is 1. The molecule has 116 valence electrons. The summed E-state index contributed by atoms with van der Waals surface area (Å²) in [6.45, 7) is 4.77. The lowest BCUT2D eigenvalue weighted by molar-refractivity contribution is 0.0636. The molecule has 22 heavy (non-hydrogen) atoms. The van der Waals surface area contributed by atoms with Crippen molar-refractivity contribution in [2.45, 2.75) is 12.8 Å². The molecule has 0 aromatic carbocycles. The number of hydrogen-bond acceptors (Lipinski definition) is 6. The molecule has 3 heterocycles. The first kappa shape index (κ1) is 13.8. The number of amides is 1. The van der Waals surface area contributed by atoms with Crippen molar-refractivity contribution in [1.82, 2.24) is 30.0 Å². The largest absolute Gasteiger partial charge is 0.335 e. The summed E-state index contributed by atoms with van der Waals surface area (Å²) in [7, 11) is 0. The number of aromatic nitrogens is 4. The fourth-order valence-corrected chi connectivity index (χ4v) is 3.70. The maximum Gasteiger partial charge on any atom is 0.266 e. The van der Waals surface area contributed by atoms with Crippen LogP contribution < -0.4 is 0 Å². The molecule has 2 fully saturated rings. The lowest BCUT2D eigenvalue weighted by Gasteiger charge is -2.34. The minimum absolute atomic E-state index is 0.0894. The molecular weight excluding hydrogens is 300 g/mol. The molecule has 1 aliphatic heterocycles. The summed E-state index contributed by atoms with van der Waals surface area (Å²) < 4.78 is 1.55. The van der Waals surface area contributed by atoms with Gasteiger partial charge in [0.1, 0.15) is 11.2 Å². The van der Waals surface area contributed by atoms with Crippen molar-refractivity contribution >= 4 is 17.2 Å². The van der Waals surface area contributed by atoms with Crippen LogP contribution in [0.2, 0.25) is 0 Å². The molecule has 0 spiro atoms. The minimum Gasteiger partial charge on any atom is -0.335 e. The maximum atomic E-state index is 12.8. The van der Waals surface area contributed by atoms with E-state index in [1.165, 1.54) is 37.1 Å². The van der Waals surface area contributed by atoms with Crippen LogP contribution in [0.15, 0.2) is 17.8 Å². The zero-order valence-electron chi connectivity index (χ0n) is 12.3. The van der Waals surface area contributed by atoms with Gasteiger partial charge in [-0.15, -0.1) is 16.4 Å². The summed E-state index contributed by atoms with van der Waals surface area (Å²) in [5, 5.41) is 13.1. The summed E-state index contributed by atoms with van der Waals surface area (Å²) in [4.78, 5) is 17.9. The Kier molecular flexibility index (Phi) is 3.63. The van der Waals surface area contributed by atoms with Gasteiger partial charge >= 0.3 is 0 Å². The molecule has 0 unspecified atom stereocenters. The third-order valence-electron chi connectivity index (χ3n) is 4.31. The summed E-state index contributed by atoms with van der Waals surface area (Å²) in [6.07, 6.45) is 4.28. The van der Waals surface area contributed by atoms with Gasteiger partial charge in [0.25, 0.3) is 5.91 Å². The van der Waals surface area contributed by atoms with Gasteiger partial charge < -0.3 is 4.90 Å². The van der Waals surface area contributed by atoms with E-state index in [-0.39, 0.29) is 5.91 Å². The summed E-state index contributed by atoms with van der Waals surface area (Å²) in [5.74, 6) is 0.998. The van der Waals surface area contributed by atoms with Crippen LogP contribution >= 0.6 is 11.3 Å². The Bertz CT molecular complexity index is 642. The fourth-order valence-electron chi connectivity index (χ4n) is 2.86. The lowest BCUT2D eigenvalue weighted by Crippen LogP contribution is -2.49. The quantitative estimate of drug-likeness (QED) is 0.837. The second kappa shape index (κ2) is 5.77. The molecule has 0 radical (unpaired) electrons. The molecule has 1 amide bonds. The average molecular weight is 318 g/mol. The SMILES string of the molecule is O=C(c1sccc1-n1cnnn1)N1CCN(CC2CC2)CC1. The molecule has 1 saturated carbocycles. The summed E-state index contributed by atoms with van der Waals surface area (Å²) in [5.41, 5.74) is 0.764. The average Bonchev–Trinajstić information content (AvgIpc) is 3.05. The van der Waals surface area contributed by atoms with Gasteiger partial charge in [0.2, 0.25) is 0 Å². The highest BCUT2D eigenvalue weighted by molar-refractivity contribution is 7.12. The van der Waals surface area contributed by atoms with E-state index < -0.39 is 0 Å². The first-order chi connectivity index (χ1) is 10.8. The fraction of sp³-hybridized carbons (Fsp3) is 0.571. The molecule has 4 rings (SSSR count). The van der Waals surface area contributed by atoms with Gasteiger partial charge in [0.05, 0.1) is 5.69 Å². The molecule has 7 nitrogen and oxygen atoms in total. The van der Waals surface area contributed by atoms with Gasteiger partial charge in [-0.2, -0.15) is 4.68 Å². The van der Waals surface area contributed by atoms with Gasteiger partial charge in [-0.3, -0.25) is 9.69 Å². The Morgan fingerprint density at radius 1 is 1.27 bits per heavy atom. The number of carbonyl (C=O) groups excluding carboxylic acids is 1. The molecule has 0 N–H and O–H groups in total. The molecule has 2 aliphatic rings. The smallest absolute Gasteiger partial charge is 0.266 e. The van der Waals surface area contributed by atoms with E-state index in [4.69, 9.17) is 0 Å². The van der Waals surface area contributed by atoms with Crippen LogP contribution in [0.4, 0.5) is 0 Å². The van der Waals surface area contributed by atoms with Gasteiger partial charge in [-0.25, -0.2) is 0 Å². The van der Waals surface area contributed by atoms with Crippen LogP contribution in [0.5, 0.6) is 0 Å². The maximum absolute atomic E-state index is 12.8. The van der Waals surface area contributed by atoms with Crippen LogP contribution in [0, 0.1) is 5.92 Å². The number of tetrazole rings is 1. The third-order valence-corrected chi connectivity index (χ3v) is 5.20. The van der Waals surface area contributed by atoms with Gasteiger partial charge in [-0.1, -0.05) is 0 Å². The first-order valence-electron chi connectivity index (χ1n) is 7.64. The summed E-state index contributed by atoms with van der Waals surface area (Å²) in [6, 6.07) is 1.89. The Balaban J connectivity index is 1.43. The molecular formula is C14H18N6OS. The highest BCUT2D eigenvalue weighted by Crippen LogP contribution is 2.30. The second-order valence-corrected chi connectivity index (χ2v) is 6.84. The lowest BCUT2D eigenvalue weighted by atomic mass is 10.2. The predicted octanol–water partition coefficient (Wildman–Crippen LogP) is 0.892. The Hall–Kier alpha value is -1.80. The normalized spacial score (nSPS) is 19.5. The number of hydrogen-bond donors (Lipinski definition) is 0. The zero-order chi connectivity index (χ0) is 14.9. The molecule has 0 bridgehead atoms. The molecule has 1 saturated heterocycles. The van der Waals surface area contributed by atoms with Gasteiger partial charge in [0, 0.05) is 32.7 Å². The number of carbonyl (C=O) groups is 1. The van der Waals surface area contributed by atoms with Crippen molar-refractivity contribution in [3.8, 4) is 5.69 Å². The van der Waals surface area contributed by atoms with E-state index in [1.54, 1.807) is 4.68 Å². The Labute approximate surface area is 132 Å². The Morgan fingerprint density at radius 2 is 2.09 bits per heavy atom. The molecule has 8 heteroatoms. The molecule has 0 atom stereocenters.